The largest absolute Gasteiger partial charge is 0.496 e. The first kappa shape index (κ1) is 14.7. The standard InChI is InChI=1S/C13H11BrN2O3S/c1-16-12(18)9(11(17)15-13(16)20)6-7-5-8(14)3-4-10(7)19-2/h3-6H,1-2H3,(H,15,17,20)/b9-6+. The van der Waals surface area contributed by atoms with Crippen molar-refractivity contribution in [3.05, 3.63) is 33.8 Å². The summed E-state index contributed by atoms with van der Waals surface area (Å²) in [7, 11) is 3.03. The number of hydrogen-bond acceptors (Lipinski definition) is 4. The molecule has 0 saturated carbocycles. The predicted octanol–water partition coefficient (Wildman–Crippen LogP) is 1.71. The molecule has 0 spiro atoms. The van der Waals surface area contributed by atoms with E-state index < -0.39 is 11.8 Å². The fraction of sp³-hybridized carbons (Fsp3) is 0.154. The molecule has 0 aromatic heterocycles. The molecule has 7 heteroatoms. The number of hydrogen-bond donors (Lipinski definition) is 1. The maximum absolute atomic E-state index is 12.1. The van der Waals surface area contributed by atoms with Gasteiger partial charge in [-0.1, -0.05) is 15.9 Å². The maximum Gasteiger partial charge on any atom is 0.265 e. The lowest BCUT2D eigenvalue weighted by Crippen LogP contribution is -2.52. The Morgan fingerprint density at radius 3 is 2.75 bits per heavy atom. The van der Waals surface area contributed by atoms with E-state index in [0.717, 1.165) is 4.47 Å². The van der Waals surface area contributed by atoms with Crippen molar-refractivity contribution in [3.8, 4) is 5.75 Å². The summed E-state index contributed by atoms with van der Waals surface area (Å²) in [4.78, 5) is 25.2. The summed E-state index contributed by atoms with van der Waals surface area (Å²) >= 11 is 8.22. The van der Waals surface area contributed by atoms with E-state index in [1.807, 2.05) is 6.07 Å². The Labute approximate surface area is 129 Å². The number of methoxy groups -OCH3 is 1. The molecule has 20 heavy (non-hydrogen) atoms. The molecular weight excluding hydrogens is 344 g/mol. The lowest BCUT2D eigenvalue weighted by molar-refractivity contribution is -0.128. The number of nitrogens with one attached hydrogen (secondary N) is 1. The van der Waals surface area contributed by atoms with Crippen molar-refractivity contribution < 1.29 is 14.3 Å². The van der Waals surface area contributed by atoms with E-state index in [9.17, 15) is 9.59 Å². The summed E-state index contributed by atoms with van der Waals surface area (Å²) in [5, 5.41) is 2.55. The van der Waals surface area contributed by atoms with Crippen LogP contribution in [0.2, 0.25) is 0 Å². The number of amides is 2. The third-order valence-electron chi connectivity index (χ3n) is 2.80. The van der Waals surface area contributed by atoms with Gasteiger partial charge in [-0.3, -0.25) is 19.8 Å². The zero-order chi connectivity index (χ0) is 14.9. The van der Waals surface area contributed by atoms with Crippen LogP contribution in [0.3, 0.4) is 0 Å². The first-order valence-corrected chi connectivity index (χ1v) is 6.82. The minimum absolute atomic E-state index is 0.0116. The first-order valence-electron chi connectivity index (χ1n) is 5.62. The van der Waals surface area contributed by atoms with Crippen LogP contribution in [-0.4, -0.2) is 36.0 Å². The van der Waals surface area contributed by atoms with Crippen molar-refractivity contribution in [2.45, 2.75) is 0 Å². The van der Waals surface area contributed by atoms with Crippen LogP contribution in [0.15, 0.2) is 28.2 Å². The molecule has 1 aromatic carbocycles. The number of likely N-dealkylation sites (N-methyl/N-ethyl adjacent to an activating group) is 1. The van der Waals surface area contributed by atoms with E-state index in [1.165, 1.54) is 25.1 Å². The second-order valence-electron chi connectivity index (χ2n) is 4.07. The van der Waals surface area contributed by atoms with Crippen LogP contribution in [0.5, 0.6) is 5.75 Å². The van der Waals surface area contributed by atoms with Gasteiger partial charge in [0.1, 0.15) is 11.3 Å². The van der Waals surface area contributed by atoms with Gasteiger partial charge >= 0.3 is 0 Å². The number of ether oxygens (including phenoxy) is 1. The van der Waals surface area contributed by atoms with Crippen molar-refractivity contribution in [1.29, 1.82) is 0 Å². The SMILES string of the molecule is COc1ccc(Br)cc1/C=C1\C(=O)NC(=S)N(C)C1=O. The third-order valence-corrected chi connectivity index (χ3v) is 3.67. The number of benzene rings is 1. The van der Waals surface area contributed by atoms with Crippen LogP contribution < -0.4 is 10.1 Å². The van der Waals surface area contributed by atoms with Crippen molar-refractivity contribution in [2.24, 2.45) is 0 Å². The van der Waals surface area contributed by atoms with Gasteiger partial charge in [-0.15, -0.1) is 0 Å². The number of carbonyl (C=O) groups is 2. The van der Waals surface area contributed by atoms with E-state index in [1.54, 1.807) is 12.1 Å². The van der Waals surface area contributed by atoms with Gasteiger partial charge < -0.3 is 4.74 Å². The third kappa shape index (κ3) is 2.73. The fourth-order valence-corrected chi connectivity index (χ4v) is 2.27. The number of thiocarbonyl (C=S) groups is 1. The second-order valence-corrected chi connectivity index (χ2v) is 5.37. The summed E-state index contributed by atoms with van der Waals surface area (Å²) in [6, 6.07) is 5.32. The molecule has 2 amide bonds. The molecule has 1 saturated heterocycles. The summed E-state index contributed by atoms with van der Waals surface area (Å²) in [6.45, 7) is 0. The lowest BCUT2D eigenvalue weighted by Gasteiger charge is -2.25. The van der Waals surface area contributed by atoms with Crippen LogP contribution in [0.1, 0.15) is 5.56 Å². The Morgan fingerprint density at radius 2 is 2.10 bits per heavy atom. The molecule has 0 unspecified atom stereocenters. The van der Waals surface area contributed by atoms with Gasteiger partial charge in [0.15, 0.2) is 5.11 Å². The summed E-state index contributed by atoms with van der Waals surface area (Å²) in [5.41, 5.74) is 0.638. The quantitative estimate of drug-likeness (QED) is 0.499. The van der Waals surface area contributed by atoms with E-state index in [2.05, 4.69) is 21.2 Å². The molecule has 2 rings (SSSR count). The Bertz CT molecular complexity index is 643. The molecule has 0 radical (unpaired) electrons. The smallest absolute Gasteiger partial charge is 0.265 e. The highest BCUT2D eigenvalue weighted by molar-refractivity contribution is 9.10. The average Bonchev–Trinajstić information content (AvgIpc) is 2.41. The highest BCUT2D eigenvalue weighted by Crippen LogP contribution is 2.26. The van der Waals surface area contributed by atoms with Crippen LogP contribution in [0.4, 0.5) is 0 Å². The molecule has 1 N–H and O–H groups in total. The lowest BCUT2D eigenvalue weighted by atomic mass is 10.1. The van der Waals surface area contributed by atoms with Crippen LogP contribution >= 0.6 is 28.1 Å². The molecule has 1 aliphatic heterocycles. The number of halogens is 1. The molecule has 1 aromatic rings. The van der Waals surface area contributed by atoms with Gasteiger partial charge in [0.2, 0.25) is 0 Å². The molecule has 0 atom stereocenters. The maximum atomic E-state index is 12.1. The fourth-order valence-electron chi connectivity index (χ4n) is 1.72. The van der Waals surface area contributed by atoms with E-state index in [0.29, 0.717) is 11.3 Å². The molecule has 0 aliphatic carbocycles. The van der Waals surface area contributed by atoms with E-state index in [-0.39, 0.29) is 10.7 Å². The Hall–Kier alpha value is -1.73. The zero-order valence-electron chi connectivity index (χ0n) is 10.8. The van der Waals surface area contributed by atoms with Crippen LogP contribution in [0, 0.1) is 0 Å². The van der Waals surface area contributed by atoms with Gasteiger partial charge in [-0.05, 0) is 36.5 Å². The Morgan fingerprint density at radius 1 is 1.40 bits per heavy atom. The zero-order valence-corrected chi connectivity index (χ0v) is 13.2. The summed E-state index contributed by atoms with van der Waals surface area (Å²) in [6.07, 6.45) is 1.49. The van der Waals surface area contributed by atoms with Crippen LogP contribution in [0.25, 0.3) is 6.08 Å². The van der Waals surface area contributed by atoms with Crippen LogP contribution in [-0.2, 0) is 9.59 Å². The average molecular weight is 355 g/mol. The molecular formula is C13H11BrN2O3S. The molecule has 1 aliphatic rings. The molecule has 104 valence electrons. The van der Waals surface area contributed by atoms with Crippen molar-refractivity contribution in [2.75, 3.05) is 14.2 Å². The molecule has 0 bridgehead atoms. The van der Waals surface area contributed by atoms with Crippen molar-refractivity contribution in [3.63, 3.8) is 0 Å². The van der Waals surface area contributed by atoms with E-state index in [4.69, 9.17) is 17.0 Å². The first-order chi connectivity index (χ1) is 9.43. The summed E-state index contributed by atoms with van der Waals surface area (Å²) in [5.74, 6) is -0.391. The Kier molecular flexibility index (Phi) is 4.20. The monoisotopic (exact) mass is 354 g/mol. The number of rotatable bonds is 2. The van der Waals surface area contributed by atoms with Gasteiger partial charge in [-0.2, -0.15) is 0 Å². The predicted molar refractivity (Wildman–Crippen MR) is 82.2 cm³/mol. The minimum Gasteiger partial charge on any atom is -0.496 e. The normalized spacial score (nSPS) is 17.4. The highest BCUT2D eigenvalue weighted by Gasteiger charge is 2.30. The van der Waals surface area contributed by atoms with Gasteiger partial charge in [0.25, 0.3) is 11.8 Å². The molecule has 5 nitrogen and oxygen atoms in total. The second kappa shape index (κ2) is 5.72. The number of nitrogens with zero attached hydrogens (tertiary/aromatic N) is 1. The van der Waals surface area contributed by atoms with Crippen molar-refractivity contribution in [1.82, 2.24) is 10.2 Å². The van der Waals surface area contributed by atoms with Gasteiger partial charge in [0.05, 0.1) is 7.11 Å². The highest BCUT2D eigenvalue weighted by atomic mass is 79.9. The van der Waals surface area contributed by atoms with Gasteiger partial charge in [-0.25, -0.2) is 0 Å². The Balaban J connectivity index is 2.49. The van der Waals surface area contributed by atoms with Gasteiger partial charge in [0, 0.05) is 17.1 Å². The number of carbonyl (C=O) groups excluding carboxylic acids is 2. The summed E-state index contributed by atoms with van der Waals surface area (Å²) < 4.78 is 6.03. The van der Waals surface area contributed by atoms with E-state index >= 15 is 0 Å². The molecule has 1 heterocycles. The minimum atomic E-state index is -0.514. The van der Waals surface area contributed by atoms with Crippen molar-refractivity contribution >= 4 is 51.2 Å². The molecule has 1 fully saturated rings. The topological polar surface area (TPSA) is 58.6 Å².